The number of nitrogens with one attached hydrogen (secondary N) is 1. The van der Waals surface area contributed by atoms with Crippen molar-refractivity contribution in [2.24, 2.45) is 0 Å². The molecular formula is C32H58N4O5. The van der Waals surface area contributed by atoms with Crippen LogP contribution >= 0.6 is 0 Å². The molecule has 3 atom stereocenters. The summed E-state index contributed by atoms with van der Waals surface area (Å²) in [5, 5.41) is 3.55. The molecule has 0 aromatic carbocycles. The highest BCUT2D eigenvalue weighted by molar-refractivity contribution is 5.95. The second kappa shape index (κ2) is 15.5. The van der Waals surface area contributed by atoms with E-state index in [1.165, 1.54) is 6.92 Å². The number of carbonyl (C=O) groups is 4. The van der Waals surface area contributed by atoms with Gasteiger partial charge in [-0.25, -0.2) is 0 Å². The molecule has 41 heavy (non-hydrogen) atoms. The number of ketones is 1. The van der Waals surface area contributed by atoms with Crippen molar-refractivity contribution < 1.29 is 23.9 Å². The largest absolute Gasteiger partial charge is 0.375 e. The maximum Gasteiger partial charge on any atom is 0.246 e. The van der Waals surface area contributed by atoms with E-state index < -0.39 is 17.7 Å². The van der Waals surface area contributed by atoms with E-state index >= 15 is 0 Å². The molecule has 3 aliphatic rings. The molecule has 3 fully saturated rings. The summed E-state index contributed by atoms with van der Waals surface area (Å²) in [6.45, 7) is 20.4. The van der Waals surface area contributed by atoms with Crippen LogP contribution in [0.1, 0.15) is 120 Å². The molecule has 3 amide bonds. The smallest absolute Gasteiger partial charge is 0.246 e. The first-order valence-electron chi connectivity index (χ1n) is 16.0. The Morgan fingerprint density at radius 3 is 1.76 bits per heavy atom. The van der Waals surface area contributed by atoms with Gasteiger partial charge in [-0.2, -0.15) is 0 Å². The molecule has 9 nitrogen and oxygen atoms in total. The minimum atomic E-state index is -0.531. The molecule has 3 unspecified atom stereocenters. The molecule has 1 N–H and O–H groups in total. The van der Waals surface area contributed by atoms with Gasteiger partial charge in [0.25, 0.3) is 0 Å². The van der Waals surface area contributed by atoms with Gasteiger partial charge in [-0.1, -0.05) is 27.7 Å². The number of nitrogens with zero attached hydrogens (tertiary/aromatic N) is 3. The topological polar surface area (TPSA) is 99.3 Å². The van der Waals surface area contributed by atoms with Crippen LogP contribution in [-0.4, -0.2) is 99.8 Å². The van der Waals surface area contributed by atoms with Gasteiger partial charge in [0.1, 0.15) is 12.1 Å². The predicted molar refractivity (Wildman–Crippen MR) is 162 cm³/mol. The van der Waals surface area contributed by atoms with E-state index in [1.807, 2.05) is 27.7 Å². The first-order chi connectivity index (χ1) is 19.2. The Kier molecular flexibility index (Phi) is 13.3. The summed E-state index contributed by atoms with van der Waals surface area (Å²) in [6, 6.07) is -1.02. The average Bonchev–Trinajstić information content (AvgIpc) is 3.67. The predicted octanol–water partition coefficient (Wildman–Crippen LogP) is 4.32. The number of Topliss-reactive ketones (excluding diaryl/α,β-unsaturated/α-hetero) is 1. The van der Waals surface area contributed by atoms with Crippen LogP contribution in [0.4, 0.5) is 0 Å². The molecule has 3 saturated heterocycles. The van der Waals surface area contributed by atoms with Gasteiger partial charge in [-0.15, -0.1) is 0 Å². The Labute approximate surface area is 249 Å². The summed E-state index contributed by atoms with van der Waals surface area (Å²) in [5.74, 6) is -0.250. The van der Waals surface area contributed by atoms with Crippen molar-refractivity contribution in [3.63, 3.8) is 0 Å². The summed E-state index contributed by atoms with van der Waals surface area (Å²) in [7, 11) is 0. The molecule has 0 aromatic rings. The Balaban J connectivity index is 0.00000287. The molecule has 236 valence electrons. The number of amides is 3. The number of likely N-dealkylation sites (tertiary alicyclic amines) is 3. The Morgan fingerprint density at radius 2 is 1.24 bits per heavy atom. The third kappa shape index (κ3) is 9.77. The number of ether oxygens (including phenoxy) is 1. The highest BCUT2D eigenvalue weighted by Crippen LogP contribution is 2.29. The zero-order chi connectivity index (χ0) is 31.0. The van der Waals surface area contributed by atoms with Crippen LogP contribution in [0, 0.1) is 0 Å². The van der Waals surface area contributed by atoms with Crippen molar-refractivity contribution in [1.82, 2.24) is 20.0 Å². The van der Waals surface area contributed by atoms with Crippen LogP contribution in [0.25, 0.3) is 0 Å². The van der Waals surface area contributed by atoms with Crippen molar-refractivity contribution in [3.8, 4) is 0 Å². The van der Waals surface area contributed by atoms with E-state index in [0.29, 0.717) is 64.4 Å². The van der Waals surface area contributed by atoms with Gasteiger partial charge in [0.15, 0.2) is 5.78 Å². The summed E-state index contributed by atoms with van der Waals surface area (Å²) >= 11 is 0. The Bertz CT molecular complexity index is 903. The molecule has 0 saturated carbocycles. The van der Waals surface area contributed by atoms with Gasteiger partial charge in [0, 0.05) is 44.2 Å². The van der Waals surface area contributed by atoms with Crippen molar-refractivity contribution in [2.75, 3.05) is 26.2 Å². The van der Waals surface area contributed by atoms with E-state index in [9.17, 15) is 19.2 Å². The lowest BCUT2D eigenvalue weighted by molar-refractivity contribution is -0.150. The molecule has 0 aliphatic carbocycles. The fourth-order valence-corrected chi connectivity index (χ4v) is 6.51. The van der Waals surface area contributed by atoms with Crippen LogP contribution in [0.5, 0.6) is 0 Å². The maximum absolute atomic E-state index is 13.7. The molecule has 0 spiro atoms. The highest BCUT2D eigenvalue weighted by Gasteiger charge is 2.45. The van der Waals surface area contributed by atoms with Crippen molar-refractivity contribution in [1.29, 1.82) is 0 Å². The lowest BCUT2D eigenvalue weighted by Gasteiger charge is -2.34. The van der Waals surface area contributed by atoms with Gasteiger partial charge in [0.05, 0.1) is 11.6 Å². The second-order valence-electron chi connectivity index (χ2n) is 13.3. The third-order valence-electron chi connectivity index (χ3n) is 8.52. The van der Waals surface area contributed by atoms with Crippen LogP contribution in [0.15, 0.2) is 0 Å². The van der Waals surface area contributed by atoms with E-state index in [2.05, 4.69) is 33.0 Å². The number of carbonyl (C=O) groups excluding carboxylic acids is 4. The van der Waals surface area contributed by atoms with E-state index in [4.69, 9.17) is 4.74 Å². The maximum atomic E-state index is 13.7. The normalized spacial score (nSPS) is 23.2. The number of hydrogen-bond acceptors (Lipinski definition) is 6. The highest BCUT2D eigenvalue weighted by atomic mass is 16.5. The molecular weight excluding hydrogens is 520 g/mol. The molecule has 0 bridgehead atoms. The van der Waals surface area contributed by atoms with Crippen LogP contribution in [-0.2, 0) is 23.9 Å². The van der Waals surface area contributed by atoms with Crippen molar-refractivity contribution >= 4 is 23.5 Å². The van der Waals surface area contributed by atoms with Gasteiger partial charge in [0.2, 0.25) is 17.7 Å². The molecule has 0 radical (unpaired) electrons. The minimum absolute atomic E-state index is 0.00660. The van der Waals surface area contributed by atoms with E-state index in [-0.39, 0.29) is 35.1 Å². The minimum Gasteiger partial charge on any atom is -0.375 e. The average molecular weight is 579 g/mol. The van der Waals surface area contributed by atoms with Crippen LogP contribution < -0.4 is 5.32 Å². The molecule has 3 aliphatic heterocycles. The Hall–Kier alpha value is -2.00. The fourth-order valence-electron chi connectivity index (χ4n) is 6.51. The SMILES string of the molecule is CC.CC(=O)C1CCCN1C(=O)C1CCCN1C(=O)C1CCCN1C(=O)CCC(C)(C)OCCC(C)(C)NC(C)C. The summed E-state index contributed by atoms with van der Waals surface area (Å²) in [4.78, 5) is 57.5. The monoisotopic (exact) mass is 578 g/mol. The van der Waals surface area contributed by atoms with Gasteiger partial charge >= 0.3 is 0 Å². The lowest BCUT2D eigenvalue weighted by Crippen LogP contribution is -2.54. The van der Waals surface area contributed by atoms with Gasteiger partial charge < -0.3 is 24.8 Å². The standard InChI is InChI=1S/C30H52N4O5.C2H6/c1-21(2)31-29(4,5)16-20-39-30(6,7)15-14-26(36)32-17-9-12-24(32)27(37)34-19-10-13-25(34)28(38)33-18-8-11-23(33)22(3)35;1-2/h21,23-25,31H,8-20H2,1-7H3;1-2H3. The van der Waals surface area contributed by atoms with Crippen molar-refractivity contribution in [3.05, 3.63) is 0 Å². The first kappa shape index (κ1) is 35.2. The van der Waals surface area contributed by atoms with E-state index in [1.54, 1.807) is 14.7 Å². The van der Waals surface area contributed by atoms with E-state index in [0.717, 1.165) is 25.7 Å². The summed E-state index contributed by atoms with van der Waals surface area (Å²) in [6.07, 6.45) is 6.05. The molecule has 3 heterocycles. The van der Waals surface area contributed by atoms with Crippen molar-refractivity contribution in [2.45, 2.75) is 155 Å². The molecule has 9 heteroatoms. The number of rotatable bonds is 12. The third-order valence-corrected chi connectivity index (χ3v) is 8.52. The fraction of sp³-hybridized carbons (Fsp3) is 0.875. The zero-order valence-electron chi connectivity index (χ0n) is 27.4. The van der Waals surface area contributed by atoms with Crippen LogP contribution in [0.2, 0.25) is 0 Å². The molecule has 0 aromatic heterocycles. The quantitative estimate of drug-likeness (QED) is 0.370. The van der Waals surface area contributed by atoms with Crippen LogP contribution in [0.3, 0.4) is 0 Å². The summed E-state index contributed by atoms with van der Waals surface area (Å²) < 4.78 is 6.18. The van der Waals surface area contributed by atoms with Gasteiger partial charge in [-0.05, 0) is 86.0 Å². The second-order valence-corrected chi connectivity index (χ2v) is 13.3. The molecule has 3 rings (SSSR count). The van der Waals surface area contributed by atoms with Gasteiger partial charge in [-0.3, -0.25) is 19.2 Å². The Morgan fingerprint density at radius 1 is 0.780 bits per heavy atom. The lowest BCUT2D eigenvalue weighted by atomic mass is 9.99. The first-order valence-corrected chi connectivity index (χ1v) is 16.0. The number of hydrogen-bond donors (Lipinski definition) is 1. The summed E-state index contributed by atoms with van der Waals surface area (Å²) in [5.41, 5.74) is -0.474. The zero-order valence-corrected chi connectivity index (χ0v) is 27.4.